The summed E-state index contributed by atoms with van der Waals surface area (Å²) in [6, 6.07) is 21.6. The predicted octanol–water partition coefficient (Wildman–Crippen LogP) is 5.01. The number of benzene rings is 3. The topological polar surface area (TPSA) is 99.3 Å². The summed E-state index contributed by atoms with van der Waals surface area (Å²) in [6.45, 7) is 3.32. The molecular weight excluding hydrogens is 588 g/mol. The third-order valence-electron chi connectivity index (χ3n) is 8.36. The van der Waals surface area contributed by atoms with E-state index in [1.54, 1.807) is 13.2 Å². The maximum Gasteiger partial charge on any atom is 0.304 e. The van der Waals surface area contributed by atoms with Gasteiger partial charge in [-0.05, 0) is 67.1 Å². The molecule has 0 spiro atoms. The van der Waals surface area contributed by atoms with Gasteiger partial charge < -0.3 is 15.0 Å². The second kappa shape index (κ2) is 15.4. The Balaban J connectivity index is 1.79. The highest BCUT2D eigenvalue weighted by Gasteiger charge is 2.36. The lowest BCUT2D eigenvalue weighted by atomic mass is 9.94. The third-order valence-corrected chi connectivity index (χ3v) is 10.2. The predicted molar refractivity (Wildman–Crippen MR) is 178 cm³/mol. The minimum absolute atomic E-state index is 0.0406. The van der Waals surface area contributed by atoms with E-state index in [9.17, 15) is 18.0 Å². The van der Waals surface area contributed by atoms with Gasteiger partial charge >= 0.3 is 10.2 Å². The van der Waals surface area contributed by atoms with Crippen LogP contribution in [0.2, 0.25) is 0 Å². The van der Waals surface area contributed by atoms with Gasteiger partial charge in [-0.2, -0.15) is 12.7 Å². The molecule has 3 aromatic carbocycles. The van der Waals surface area contributed by atoms with E-state index in [0.717, 1.165) is 57.4 Å². The average molecular weight is 635 g/mol. The number of methoxy groups -OCH3 is 1. The van der Waals surface area contributed by atoms with Gasteiger partial charge in [0.15, 0.2) is 0 Å². The summed E-state index contributed by atoms with van der Waals surface area (Å²) >= 11 is 0. The smallest absolute Gasteiger partial charge is 0.304 e. The van der Waals surface area contributed by atoms with Crippen LogP contribution in [0.3, 0.4) is 0 Å². The lowest BCUT2D eigenvalue weighted by molar-refractivity contribution is -0.140. The van der Waals surface area contributed by atoms with Crippen LogP contribution in [0.1, 0.15) is 54.4 Å². The van der Waals surface area contributed by atoms with Crippen LogP contribution in [0.4, 0.5) is 5.69 Å². The number of ether oxygens (including phenoxy) is 1. The highest BCUT2D eigenvalue weighted by Crippen LogP contribution is 2.27. The van der Waals surface area contributed by atoms with E-state index in [0.29, 0.717) is 17.0 Å². The van der Waals surface area contributed by atoms with E-state index in [1.807, 2.05) is 80.6 Å². The summed E-state index contributed by atoms with van der Waals surface area (Å²) in [6.07, 6.45) is 5.32. The van der Waals surface area contributed by atoms with Crippen molar-refractivity contribution in [2.24, 2.45) is 0 Å². The fourth-order valence-corrected chi connectivity index (χ4v) is 6.87. The van der Waals surface area contributed by atoms with Crippen molar-refractivity contribution in [3.63, 3.8) is 0 Å². The first kappa shape index (κ1) is 34.0. The van der Waals surface area contributed by atoms with E-state index in [2.05, 4.69) is 5.32 Å². The van der Waals surface area contributed by atoms with Crippen LogP contribution in [-0.2, 0) is 32.8 Å². The largest absolute Gasteiger partial charge is 0.497 e. The fraction of sp³-hybridized carbons (Fsp3) is 0.429. The van der Waals surface area contributed by atoms with Crippen LogP contribution < -0.4 is 14.4 Å². The van der Waals surface area contributed by atoms with Crippen molar-refractivity contribution in [1.82, 2.24) is 14.5 Å². The quantitative estimate of drug-likeness (QED) is 0.285. The molecule has 9 nitrogen and oxygen atoms in total. The minimum atomic E-state index is -4.07. The number of carbonyl (C=O) groups excluding carboxylic acids is 2. The van der Waals surface area contributed by atoms with Crippen LogP contribution in [0.25, 0.3) is 0 Å². The van der Waals surface area contributed by atoms with Crippen molar-refractivity contribution in [2.45, 2.75) is 71.0 Å². The normalized spacial score (nSPS) is 14.5. The Morgan fingerprint density at radius 1 is 0.911 bits per heavy atom. The molecule has 0 saturated heterocycles. The molecule has 0 bridgehead atoms. The number of hydrogen-bond donors (Lipinski definition) is 1. The van der Waals surface area contributed by atoms with Crippen molar-refractivity contribution >= 4 is 27.7 Å². The zero-order valence-corrected chi connectivity index (χ0v) is 27.8. The third kappa shape index (κ3) is 8.85. The molecule has 0 heterocycles. The summed E-state index contributed by atoms with van der Waals surface area (Å²) < 4.78 is 35.2. The van der Waals surface area contributed by atoms with Crippen molar-refractivity contribution in [1.29, 1.82) is 0 Å². The lowest BCUT2D eigenvalue weighted by Crippen LogP contribution is -2.55. The van der Waals surface area contributed by atoms with Crippen LogP contribution in [0.5, 0.6) is 5.75 Å². The van der Waals surface area contributed by atoms with Crippen molar-refractivity contribution < 1.29 is 22.7 Å². The highest BCUT2D eigenvalue weighted by molar-refractivity contribution is 7.90. The average Bonchev–Trinajstić information content (AvgIpc) is 3.03. The number of nitrogens with one attached hydrogen (secondary N) is 1. The van der Waals surface area contributed by atoms with Crippen molar-refractivity contribution in [3.05, 3.63) is 95.1 Å². The number of rotatable bonds is 13. The van der Waals surface area contributed by atoms with Gasteiger partial charge in [-0.3, -0.25) is 9.59 Å². The summed E-state index contributed by atoms with van der Waals surface area (Å²) in [5.74, 6) is -0.0991. The lowest BCUT2D eigenvalue weighted by Gasteiger charge is -2.36. The van der Waals surface area contributed by atoms with Gasteiger partial charge in [0.2, 0.25) is 11.8 Å². The molecule has 1 fully saturated rings. The molecule has 1 unspecified atom stereocenters. The van der Waals surface area contributed by atoms with Gasteiger partial charge in [0.05, 0.1) is 12.8 Å². The Kier molecular flexibility index (Phi) is 11.6. The molecule has 1 aliphatic carbocycles. The number of hydrogen-bond acceptors (Lipinski definition) is 5. The van der Waals surface area contributed by atoms with E-state index >= 15 is 0 Å². The van der Waals surface area contributed by atoms with Crippen LogP contribution in [0.15, 0.2) is 72.8 Å². The Hall–Kier alpha value is -3.89. The van der Waals surface area contributed by atoms with Gasteiger partial charge in [-0.1, -0.05) is 73.9 Å². The second-order valence-corrected chi connectivity index (χ2v) is 14.1. The molecule has 1 saturated carbocycles. The molecule has 1 atom stereocenters. The maximum atomic E-state index is 14.6. The molecule has 45 heavy (non-hydrogen) atoms. The molecule has 0 aliphatic heterocycles. The number of aryl methyl sites for hydroxylation is 2. The molecule has 3 aromatic rings. The first-order chi connectivity index (χ1) is 21.5. The zero-order chi connectivity index (χ0) is 32.6. The van der Waals surface area contributed by atoms with Crippen LogP contribution >= 0.6 is 0 Å². The Bertz CT molecular complexity index is 1560. The minimum Gasteiger partial charge on any atom is -0.497 e. The number of carbonyl (C=O) groups is 2. The molecule has 4 rings (SSSR count). The summed E-state index contributed by atoms with van der Waals surface area (Å²) in [7, 11) is 0.396. The number of nitrogens with zero attached hydrogens (tertiary/aromatic N) is 3. The molecule has 10 heteroatoms. The fourth-order valence-electron chi connectivity index (χ4n) is 5.76. The first-order valence-corrected chi connectivity index (χ1v) is 16.9. The number of amides is 2. The Morgan fingerprint density at radius 2 is 1.60 bits per heavy atom. The standard InChI is InChI=1S/C35H46N4O5S/c1-26-19-20-27(2)32(21-26)39(45(42,43)37(3)4)25-34(40)38(24-29-15-12-18-31(22-29)44-5)33(23-28-13-8-6-9-14-28)35(41)36-30-16-10-7-11-17-30/h6,8-9,12-15,18-22,30,33H,7,10-11,16-17,23-25H2,1-5H3,(H,36,41). The Labute approximate surface area is 268 Å². The van der Waals surface area contributed by atoms with Crippen molar-refractivity contribution in [2.75, 3.05) is 32.1 Å². The van der Waals surface area contributed by atoms with Crippen LogP contribution in [-0.4, -0.2) is 69.3 Å². The second-order valence-electron chi connectivity index (χ2n) is 12.0. The molecule has 2 amide bonds. The van der Waals surface area contributed by atoms with Gasteiger partial charge in [0, 0.05) is 33.1 Å². The Morgan fingerprint density at radius 3 is 2.27 bits per heavy atom. The molecule has 0 aromatic heterocycles. The van der Waals surface area contributed by atoms with Gasteiger partial charge in [-0.15, -0.1) is 0 Å². The molecule has 242 valence electrons. The summed E-state index contributed by atoms with van der Waals surface area (Å²) in [4.78, 5) is 30.3. The SMILES string of the molecule is COc1cccc(CN(C(=O)CN(c2cc(C)ccc2C)S(=O)(=O)N(C)C)C(Cc2ccccc2)C(=O)NC2CCCCC2)c1. The highest BCUT2D eigenvalue weighted by atomic mass is 32.2. The van der Waals surface area contributed by atoms with Gasteiger partial charge in [0.1, 0.15) is 18.3 Å². The monoisotopic (exact) mass is 634 g/mol. The van der Waals surface area contributed by atoms with Gasteiger partial charge in [0.25, 0.3) is 0 Å². The first-order valence-electron chi connectivity index (χ1n) is 15.5. The van der Waals surface area contributed by atoms with Gasteiger partial charge in [-0.25, -0.2) is 4.31 Å². The maximum absolute atomic E-state index is 14.6. The van der Waals surface area contributed by atoms with E-state index in [-0.39, 0.29) is 24.9 Å². The molecule has 1 aliphatic rings. The van der Waals surface area contributed by atoms with E-state index in [1.165, 1.54) is 19.0 Å². The number of anilines is 1. The zero-order valence-electron chi connectivity index (χ0n) is 27.0. The molecule has 1 N–H and O–H groups in total. The van der Waals surface area contributed by atoms with Crippen LogP contribution in [0, 0.1) is 13.8 Å². The molecule has 0 radical (unpaired) electrons. The summed E-state index contributed by atoms with van der Waals surface area (Å²) in [5.41, 5.74) is 3.67. The van der Waals surface area contributed by atoms with Crippen molar-refractivity contribution in [3.8, 4) is 5.75 Å². The van der Waals surface area contributed by atoms with E-state index < -0.39 is 28.7 Å². The molecular formula is C35H46N4O5S. The van der Waals surface area contributed by atoms with E-state index in [4.69, 9.17) is 4.74 Å². The summed E-state index contributed by atoms with van der Waals surface area (Å²) in [5, 5.41) is 3.24.